The van der Waals surface area contributed by atoms with E-state index in [1.54, 1.807) is 0 Å². The molecule has 0 aliphatic carbocycles. The van der Waals surface area contributed by atoms with Crippen LogP contribution < -0.4 is 4.57 Å². The molecule has 0 saturated carbocycles. The van der Waals surface area contributed by atoms with Crippen molar-refractivity contribution in [3.63, 3.8) is 0 Å². The van der Waals surface area contributed by atoms with E-state index in [0.29, 0.717) is 0 Å². The second-order valence-electron chi connectivity index (χ2n) is 10.4. The van der Waals surface area contributed by atoms with Crippen molar-refractivity contribution in [2.24, 2.45) is 0 Å². The second-order valence-corrected chi connectivity index (χ2v) is 10.4. The van der Waals surface area contributed by atoms with Gasteiger partial charge in [-0.1, -0.05) is 140 Å². The van der Waals surface area contributed by atoms with Crippen molar-refractivity contribution in [3.05, 3.63) is 54.1 Å². The zero-order chi connectivity index (χ0) is 24.1. The van der Waals surface area contributed by atoms with Crippen LogP contribution in [0.25, 0.3) is 0 Å². The van der Waals surface area contributed by atoms with Crippen molar-refractivity contribution in [1.82, 2.24) is 4.57 Å². The number of imidazole rings is 1. The summed E-state index contributed by atoms with van der Waals surface area (Å²) in [5.41, 5.74) is 1.40. The van der Waals surface area contributed by atoms with Gasteiger partial charge in [0.2, 0.25) is 0 Å². The van der Waals surface area contributed by atoms with Crippen LogP contribution in [0, 0.1) is 0 Å². The molecule has 0 atom stereocenters. The van der Waals surface area contributed by atoms with Gasteiger partial charge in [-0.05, 0) is 24.8 Å². The summed E-state index contributed by atoms with van der Waals surface area (Å²) in [6, 6.07) is 11.0. The number of unbranched alkanes of at least 4 members (excludes halogenated alkanes) is 16. The van der Waals surface area contributed by atoms with Crippen LogP contribution in [0.2, 0.25) is 0 Å². The Hall–Kier alpha value is -1.57. The lowest BCUT2D eigenvalue weighted by molar-refractivity contribution is -0.695. The fraction of sp³-hybridized carbons (Fsp3) is 0.719. The van der Waals surface area contributed by atoms with E-state index in [1.165, 1.54) is 140 Å². The van der Waals surface area contributed by atoms with Gasteiger partial charge in [-0.2, -0.15) is 0 Å². The van der Waals surface area contributed by atoms with E-state index in [4.69, 9.17) is 0 Å². The molecule has 1 aromatic carbocycles. The van der Waals surface area contributed by atoms with Gasteiger partial charge in [-0.25, -0.2) is 9.13 Å². The molecule has 0 unspecified atom stereocenters. The van der Waals surface area contributed by atoms with Crippen molar-refractivity contribution < 1.29 is 4.57 Å². The minimum Gasteiger partial charge on any atom is -0.234 e. The highest BCUT2D eigenvalue weighted by Gasteiger charge is 2.17. The molecule has 2 nitrogen and oxygen atoms in total. The van der Waals surface area contributed by atoms with E-state index in [0.717, 1.165) is 6.54 Å². The average molecular weight is 468 g/mol. The molecule has 0 bridgehead atoms. The van der Waals surface area contributed by atoms with E-state index in [1.807, 2.05) is 0 Å². The molecule has 34 heavy (non-hydrogen) atoms. The smallest absolute Gasteiger partial charge is 0.234 e. The summed E-state index contributed by atoms with van der Waals surface area (Å²) in [5.74, 6) is 1.53. The number of nitrogens with zero attached hydrogens (tertiary/aromatic N) is 2. The van der Waals surface area contributed by atoms with Gasteiger partial charge in [0.05, 0.1) is 6.54 Å². The highest BCUT2D eigenvalue weighted by Crippen LogP contribution is 2.14. The zero-order valence-electron chi connectivity index (χ0n) is 22.8. The van der Waals surface area contributed by atoms with Crippen molar-refractivity contribution in [1.29, 1.82) is 0 Å². The minimum atomic E-state index is 0.998. The number of hydrogen-bond donors (Lipinski definition) is 0. The van der Waals surface area contributed by atoms with Gasteiger partial charge in [0, 0.05) is 6.42 Å². The third kappa shape index (κ3) is 12.8. The monoisotopic (exact) mass is 467 g/mol. The number of aryl methyl sites for hydroxylation is 1. The molecule has 0 aliphatic rings. The minimum absolute atomic E-state index is 0.998. The third-order valence-electron chi connectivity index (χ3n) is 7.29. The highest BCUT2D eigenvalue weighted by molar-refractivity contribution is 5.13. The first-order valence-corrected chi connectivity index (χ1v) is 15.0. The molecule has 0 radical (unpaired) electrons. The van der Waals surface area contributed by atoms with Crippen LogP contribution >= 0.6 is 0 Å². The Balaban J connectivity index is 1.74. The first-order valence-electron chi connectivity index (χ1n) is 15.0. The lowest BCUT2D eigenvalue weighted by atomic mass is 10.1. The summed E-state index contributed by atoms with van der Waals surface area (Å²) >= 11 is 0. The highest BCUT2D eigenvalue weighted by atomic mass is 15.1. The number of benzene rings is 1. The van der Waals surface area contributed by atoms with E-state index in [9.17, 15) is 0 Å². The molecule has 0 saturated heterocycles. The van der Waals surface area contributed by atoms with E-state index >= 15 is 0 Å². The normalized spacial score (nSPS) is 11.4. The lowest BCUT2D eigenvalue weighted by Gasteiger charge is -2.07. The van der Waals surface area contributed by atoms with Gasteiger partial charge >= 0.3 is 0 Å². The van der Waals surface area contributed by atoms with Crippen molar-refractivity contribution in [2.75, 3.05) is 0 Å². The van der Waals surface area contributed by atoms with Crippen LogP contribution in [0.4, 0.5) is 0 Å². The lowest BCUT2D eigenvalue weighted by Crippen LogP contribution is -2.37. The average Bonchev–Trinajstić information content (AvgIpc) is 3.23. The van der Waals surface area contributed by atoms with E-state index in [2.05, 4.69) is 65.7 Å². The molecule has 192 valence electrons. The number of rotatable bonds is 22. The summed E-state index contributed by atoms with van der Waals surface area (Å²) in [4.78, 5) is 0. The maximum absolute atomic E-state index is 2.56. The molecule has 1 aromatic heterocycles. The van der Waals surface area contributed by atoms with Gasteiger partial charge in [-0.15, -0.1) is 0 Å². The Kier molecular flexibility index (Phi) is 16.6. The van der Waals surface area contributed by atoms with Gasteiger partial charge in [-0.3, -0.25) is 0 Å². The van der Waals surface area contributed by atoms with E-state index < -0.39 is 0 Å². The van der Waals surface area contributed by atoms with Crippen LogP contribution in [0.3, 0.4) is 0 Å². The fourth-order valence-electron chi connectivity index (χ4n) is 5.10. The van der Waals surface area contributed by atoms with Crippen molar-refractivity contribution in [3.8, 4) is 0 Å². The molecule has 0 spiro atoms. The Bertz CT molecular complexity index is 703. The molecular weight excluding hydrogens is 412 g/mol. The van der Waals surface area contributed by atoms with Crippen LogP contribution in [-0.4, -0.2) is 4.57 Å². The van der Waals surface area contributed by atoms with Crippen LogP contribution in [0.5, 0.6) is 0 Å². The third-order valence-corrected chi connectivity index (χ3v) is 7.29. The van der Waals surface area contributed by atoms with E-state index in [-0.39, 0.29) is 0 Å². The van der Waals surface area contributed by atoms with Crippen LogP contribution in [-0.2, 0) is 19.5 Å². The summed E-state index contributed by atoms with van der Waals surface area (Å²) in [5, 5.41) is 0. The SMILES string of the molecule is CCCCCCCCCCCCn1cc[n+](Cc2ccccc2)c1CCCCCCCCCC. The molecular formula is C32H55N2+. The molecule has 0 fully saturated rings. The Morgan fingerprint density at radius 1 is 0.588 bits per heavy atom. The topological polar surface area (TPSA) is 8.81 Å². The first kappa shape index (κ1) is 28.7. The molecule has 0 amide bonds. The van der Waals surface area contributed by atoms with Crippen LogP contribution in [0.15, 0.2) is 42.7 Å². The summed E-state index contributed by atoms with van der Waals surface area (Å²) < 4.78 is 5.07. The predicted octanol–water partition coefficient (Wildman–Crippen LogP) is 9.43. The quantitative estimate of drug-likeness (QED) is 0.120. The molecule has 0 aliphatic heterocycles. The molecule has 2 rings (SSSR count). The summed E-state index contributed by atoms with van der Waals surface area (Å²) in [6.07, 6.45) is 31.1. The van der Waals surface area contributed by atoms with Crippen molar-refractivity contribution >= 4 is 0 Å². The molecule has 2 aromatic rings. The second kappa shape index (κ2) is 19.7. The van der Waals surface area contributed by atoms with Gasteiger partial charge in [0.25, 0.3) is 5.82 Å². The number of hydrogen-bond acceptors (Lipinski definition) is 0. The summed E-state index contributed by atoms with van der Waals surface area (Å²) in [7, 11) is 0. The van der Waals surface area contributed by atoms with Gasteiger partial charge in [0.1, 0.15) is 18.9 Å². The van der Waals surface area contributed by atoms with Gasteiger partial charge in [0.15, 0.2) is 0 Å². The Morgan fingerprint density at radius 2 is 1.09 bits per heavy atom. The predicted molar refractivity (Wildman–Crippen MR) is 148 cm³/mol. The maximum atomic E-state index is 2.56. The summed E-state index contributed by atoms with van der Waals surface area (Å²) in [6.45, 7) is 6.78. The van der Waals surface area contributed by atoms with Crippen LogP contribution in [0.1, 0.15) is 141 Å². The fourth-order valence-corrected chi connectivity index (χ4v) is 5.10. The molecule has 1 heterocycles. The zero-order valence-corrected chi connectivity index (χ0v) is 22.8. The molecule has 2 heteroatoms. The standard InChI is InChI=1S/C32H55N2/c1-3-5-7-9-11-13-14-16-18-23-27-33-28-29-34(30-31-24-20-19-21-25-31)32(33)26-22-17-15-12-10-8-6-4-2/h19-21,24-25,28-29H,3-18,22-23,26-27,30H2,1-2H3/q+1. The first-order chi connectivity index (χ1) is 16.8. The largest absolute Gasteiger partial charge is 0.256 e. The van der Waals surface area contributed by atoms with Gasteiger partial charge < -0.3 is 0 Å². The Labute approximate surface area is 212 Å². The molecule has 0 N–H and O–H groups in total. The Morgan fingerprint density at radius 3 is 1.65 bits per heavy atom. The number of aromatic nitrogens is 2. The maximum Gasteiger partial charge on any atom is 0.256 e. The van der Waals surface area contributed by atoms with Crippen molar-refractivity contribution in [2.45, 2.75) is 149 Å².